The molecule has 0 unspecified atom stereocenters. The largest absolute Gasteiger partial charge is 0.380 e. The second-order valence-corrected chi connectivity index (χ2v) is 4.30. The van der Waals surface area contributed by atoms with Gasteiger partial charge in [0.1, 0.15) is 5.82 Å². The molecule has 0 spiro atoms. The summed E-state index contributed by atoms with van der Waals surface area (Å²) in [5, 5.41) is 3.04. The summed E-state index contributed by atoms with van der Waals surface area (Å²) in [6, 6.07) is 5.23. The van der Waals surface area contributed by atoms with Crippen LogP contribution in [0.2, 0.25) is 0 Å². The molecule has 0 atom stereocenters. The van der Waals surface area contributed by atoms with Gasteiger partial charge in [-0.25, -0.2) is 4.39 Å². The van der Waals surface area contributed by atoms with Gasteiger partial charge in [0.25, 0.3) is 0 Å². The van der Waals surface area contributed by atoms with Gasteiger partial charge in [0, 0.05) is 31.9 Å². The lowest BCUT2D eigenvalue weighted by Crippen LogP contribution is -2.26. The number of rotatable bonds is 3. The number of benzene rings is 1. The highest BCUT2D eigenvalue weighted by atomic mass is 19.1. The minimum Gasteiger partial charge on any atom is -0.380 e. The van der Waals surface area contributed by atoms with E-state index >= 15 is 0 Å². The van der Waals surface area contributed by atoms with E-state index < -0.39 is 0 Å². The molecule has 2 rings (SSSR count). The zero-order chi connectivity index (χ0) is 12.1. The molecule has 1 fully saturated rings. The molecule has 4 heteroatoms. The van der Waals surface area contributed by atoms with Gasteiger partial charge in [0.15, 0.2) is 0 Å². The Labute approximate surface area is 102 Å². The Morgan fingerprint density at radius 3 is 3.00 bits per heavy atom. The Kier molecular flexibility index (Phi) is 4.34. The smallest absolute Gasteiger partial charge is 0.125 e. The van der Waals surface area contributed by atoms with Crippen molar-refractivity contribution in [3.05, 3.63) is 29.6 Å². The van der Waals surface area contributed by atoms with E-state index in [0.29, 0.717) is 6.54 Å². The van der Waals surface area contributed by atoms with Crippen LogP contribution in [-0.4, -0.2) is 33.4 Å². The lowest BCUT2D eigenvalue weighted by molar-refractivity contribution is 0.152. The van der Waals surface area contributed by atoms with Crippen LogP contribution in [0.5, 0.6) is 0 Å². The maximum atomic E-state index is 13.5. The molecule has 0 bridgehead atoms. The van der Waals surface area contributed by atoms with Gasteiger partial charge < -0.3 is 15.0 Å². The van der Waals surface area contributed by atoms with Crippen LogP contribution in [0, 0.1) is 5.82 Å². The summed E-state index contributed by atoms with van der Waals surface area (Å²) in [5.41, 5.74) is 1.94. The number of anilines is 1. The third kappa shape index (κ3) is 3.41. The van der Waals surface area contributed by atoms with Crippen LogP contribution in [0.15, 0.2) is 18.2 Å². The molecule has 1 heterocycles. The number of hydrogen-bond donors (Lipinski definition) is 1. The third-order valence-corrected chi connectivity index (χ3v) is 2.91. The molecular formula is C13H19FN2O. The van der Waals surface area contributed by atoms with Crippen LogP contribution in [0.1, 0.15) is 12.0 Å². The predicted molar refractivity (Wildman–Crippen MR) is 66.8 cm³/mol. The van der Waals surface area contributed by atoms with Crippen molar-refractivity contribution >= 4 is 5.69 Å². The molecule has 1 aliphatic rings. The van der Waals surface area contributed by atoms with Gasteiger partial charge in [0.2, 0.25) is 0 Å². The number of nitrogens with one attached hydrogen (secondary N) is 1. The summed E-state index contributed by atoms with van der Waals surface area (Å²) in [7, 11) is 1.87. The Bertz CT molecular complexity index is 362. The van der Waals surface area contributed by atoms with Crippen LogP contribution in [0.3, 0.4) is 0 Å². The maximum Gasteiger partial charge on any atom is 0.125 e. The topological polar surface area (TPSA) is 24.5 Å². The number of ether oxygens (including phenoxy) is 1. The average Bonchev–Trinajstić information content (AvgIpc) is 2.57. The van der Waals surface area contributed by atoms with Crippen molar-refractivity contribution in [1.82, 2.24) is 5.32 Å². The normalized spacial score (nSPS) is 16.9. The molecule has 1 saturated heterocycles. The van der Waals surface area contributed by atoms with Crippen molar-refractivity contribution in [2.45, 2.75) is 13.0 Å². The van der Waals surface area contributed by atoms with Crippen LogP contribution in [0.25, 0.3) is 0 Å². The van der Waals surface area contributed by atoms with E-state index in [1.165, 1.54) is 0 Å². The zero-order valence-corrected chi connectivity index (χ0v) is 10.2. The molecule has 0 aliphatic carbocycles. The fourth-order valence-corrected chi connectivity index (χ4v) is 2.13. The molecule has 94 valence electrons. The van der Waals surface area contributed by atoms with E-state index in [0.717, 1.165) is 44.0 Å². The number of hydrogen-bond acceptors (Lipinski definition) is 3. The van der Waals surface area contributed by atoms with Gasteiger partial charge in [-0.3, -0.25) is 0 Å². The first-order valence-corrected chi connectivity index (χ1v) is 6.06. The van der Waals surface area contributed by atoms with Gasteiger partial charge in [-0.1, -0.05) is 0 Å². The van der Waals surface area contributed by atoms with E-state index in [4.69, 9.17) is 4.74 Å². The Morgan fingerprint density at radius 2 is 2.18 bits per heavy atom. The second-order valence-electron chi connectivity index (χ2n) is 4.30. The molecule has 17 heavy (non-hydrogen) atoms. The molecule has 1 aliphatic heterocycles. The van der Waals surface area contributed by atoms with Crippen molar-refractivity contribution in [3.8, 4) is 0 Å². The lowest BCUT2D eigenvalue weighted by atomic mass is 10.1. The molecule has 1 aromatic rings. The molecule has 1 N–H and O–H groups in total. The van der Waals surface area contributed by atoms with Crippen molar-refractivity contribution in [3.63, 3.8) is 0 Å². The maximum absolute atomic E-state index is 13.5. The summed E-state index contributed by atoms with van der Waals surface area (Å²) in [6.07, 6.45) is 0.998. The lowest BCUT2D eigenvalue weighted by Gasteiger charge is -2.22. The SMILES string of the molecule is CNCc1cc(F)cc(N2CCCOCC2)c1. The molecule has 0 saturated carbocycles. The summed E-state index contributed by atoms with van der Waals surface area (Å²) >= 11 is 0. The van der Waals surface area contributed by atoms with Crippen LogP contribution >= 0.6 is 0 Å². The van der Waals surface area contributed by atoms with Gasteiger partial charge in [-0.2, -0.15) is 0 Å². The molecular weight excluding hydrogens is 219 g/mol. The molecule has 3 nitrogen and oxygen atoms in total. The Morgan fingerprint density at radius 1 is 1.29 bits per heavy atom. The van der Waals surface area contributed by atoms with Crippen molar-refractivity contribution in [2.75, 3.05) is 38.3 Å². The van der Waals surface area contributed by atoms with E-state index in [-0.39, 0.29) is 5.82 Å². The van der Waals surface area contributed by atoms with Crippen molar-refractivity contribution < 1.29 is 9.13 Å². The standard InChI is InChI=1S/C13H19FN2O/c1-15-10-11-7-12(14)9-13(8-11)16-3-2-5-17-6-4-16/h7-9,15H,2-6,10H2,1H3. The van der Waals surface area contributed by atoms with Crippen molar-refractivity contribution in [1.29, 1.82) is 0 Å². The Balaban J connectivity index is 2.17. The van der Waals surface area contributed by atoms with Gasteiger partial charge >= 0.3 is 0 Å². The van der Waals surface area contributed by atoms with E-state index in [1.54, 1.807) is 12.1 Å². The quantitative estimate of drug-likeness (QED) is 0.868. The fraction of sp³-hybridized carbons (Fsp3) is 0.538. The second kappa shape index (κ2) is 5.98. The summed E-state index contributed by atoms with van der Waals surface area (Å²) in [6.45, 7) is 3.98. The first-order chi connectivity index (χ1) is 8.29. The minimum absolute atomic E-state index is 0.169. The molecule has 0 aromatic heterocycles. The van der Waals surface area contributed by atoms with Crippen molar-refractivity contribution in [2.24, 2.45) is 0 Å². The van der Waals surface area contributed by atoms with E-state index in [9.17, 15) is 4.39 Å². The summed E-state index contributed by atoms with van der Waals surface area (Å²) in [4.78, 5) is 2.19. The highest BCUT2D eigenvalue weighted by Gasteiger charge is 2.11. The van der Waals surface area contributed by atoms with Gasteiger partial charge in [-0.05, 0) is 37.2 Å². The summed E-state index contributed by atoms with van der Waals surface area (Å²) in [5.74, 6) is -0.169. The average molecular weight is 238 g/mol. The highest BCUT2D eigenvalue weighted by Crippen LogP contribution is 2.20. The Hall–Kier alpha value is -1.13. The first-order valence-electron chi connectivity index (χ1n) is 6.06. The van der Waals surface area contributed by atoms with Gasteiger partial charge in [-0.15, -0.1) is 0 Å². The minimum atomic E-state index is -0.169. The first kappa shape index (κ1) is 12.3. The number of halogens is 1. The van der Waals surface area contributed by atoms with Crippen LogP contribution in [-0.2, 0) is 11.3 Å². The molecule has 0 radical (unpaired) electrons. The van der Waals surface area contributed by atoms with E-state index in [1.807, 2.05) is 13.1 Å². The highest BCUT2D eigenvalue weighted by molar-refractivity contribution is 5.49. The predicted octanol–water partition coefficient (Wildman–Crippen LogP) is 1.77. The monoisotopic (exact) mass is 238 g/mol. The van der Waals surface area contributed by atoms with Crippen LogP contribution < -0.4 is 10.2 Å². The fourth-order valence-electron chi connectivity index (χ4n) is 2.13. The molecule has 0 amide bonds. The zero-order valence-electron chi connectivity index (χ0n) is 10.2. The van der Waals surface area contributed by atoms with Gasteiger partial charge in [0.05, 0.1) is 6.61 Å². The van der Waals surface area contributed by atoms with Crippen LogP contribution in [0.4, 0.5) is 10.1 Å². The third-order valence-electron chi connectivity index (χ3n) is 2.91. The number of nitrogens with zero attached hydrogens (tertiary/aromatic N) is 1. The summed E-state index contributed by atoms with van der Waals surface area (Å²) < 4.78 is 18.9. The molecule has 1 aromatic carbocycles. The van der Waals surface area contributed by atoms with E-state index in [2.05, 4.69) is 10.2 Å².